The second-order valence-corrected chi connectivity index (χ2v) is 3.07. The SMILES string of the molecule is C=C(CC)C(=O)OCCC=C(C)C(=O)O. The van der Waals surface area contributed by atoms with Gasteiger partial charge in [0.05, 0.1) is 6.61 Å². The maximum Gasteiger partial charge on any atom is 0.333 e. The lowest BCUT2D eigenvalue weighted by molar-refractivity contribution is -0.139. The van der Waals surface area contributed by atoms with Crippen LogP contribution in [0.2, 0.25) is 0 Å². The third kappa shape index (κ3) is 5.67. The molecule has 0 fully saturated rings. The van der Waals surface area contributed by atoms with Crippen molar-refractivity contribution in [1.82, 2.24) is 0 Å². The van der Waals surface area contributed by atoms with E-state index >= 15 is 0 Å². The summed E-state index contributed by atoms with van der Waals surface area (Å²) >= 11 is 0. The first kappa shape index (κ1) is 13.4. The second kappa shape index (κ2) is 6.81. The summed E-state index contributed by atoms with van der Waals surface area (Å²) in [6, 6.07) is 0. The van der Waals surface area contributed by atoms with Crippen LogP contribution in [0, 0.1) is 0 Å². The number of carboxylic acids is 1. The zero-order chi connectivity index (χ0) is 11.8. The quantitative estimate of drug-likeness (QED) is 0.415. The number of esters is 1. The third-order valence-corrected chi connectivity index (χ3v) is 1.85. The van der Waals surface area contributed by atoms with E-state index in [0.717, 1.165) is 0 Å². The predicted molar refractivity (Wildman–Crippen MR) is 56.4 cm³/mol. The number of rotatable bonds is 6. The normalized spacial score (nSPS) is 10.9. The van der Waals surface area contributed by atoms with Crippen LogP contribution in [0.3, 0.4) is 0 Å². The van der Waals surface area contributed by atoms with E-state index in [2.05, 4.69) is 6.58 Å². The number of carbonyl (C=O) groups excluding carboxylic acids is 1. The largest absolute Gasteiger partial charge is 0.478 e. The fourth-order valence-corrected chi connectivity index (χ4v) is 0.761. The summed E-state index contributed by atoms with van der Waals surface area (Å²) in [5, 5.41) is 8.53. The lowest BCUT2D eigenvalue weighted by atomic mass is 10.2. The minimum atomic E-state index is -0.959. The molecule has 0 saturated carbocycles. The highest BCUT2D eigenvalue weighted by Crippen LogP contribution is 2.01. The van der Waals surface area contributed by atoms with E-state index in [9.17, 15) is 9.59 Å². The van der Waals surface area contributed by atoms with Crippen LogP contribution in [0.4, 0.5) is 0 Å². The molecule has 0 atom stereocenters. The minimum absolute atomic E-state index is 0.183. The highest BCUT2D eigenvalue weighted by atomic mass is 16.5. The topological polar surface area (TPSA) is 63.6 Å². The average Bonchev–Trinajstić information content (AvgIpc) is 2.22. The molecule has 0 spiro atoms. The molecule has 0 aromatic heterocycles. The second-order valence-electron chi connectivity index (χ2n) is 3.07. The van der Waals surface area contributed by atoms with Gasteiger partial charge in [-0.1, -0.05) is 19.6 Å². The van der Waals surface area contributed by atoms with E-state index in [1.807, 2.05) is 6.92 Å². The van der Waals surface area contributed by atoms with Crippen molar-refractivity contribution in [3.8, 4) is 0 Å². The van der Waals surface area contributed by atoms with Gasteiger partial charge in [-0.05, 0) is 13.3 Å². The van der Waals surface area contributed by atoms with Crippen molar-refractivity contribution in [2.24, 2.45) is 0 Å². The van der Waals surface area contributed by atoms with Crippen molar-refractivity contribution in [1.29, 1.82) is 0 Å². The summed E-state index contributed by atoms with van der Waals surface area (Å²) < 4.78 is 4.85. The lowest BCUT2D eigenvalue weighted by Gasteiger charge is -2.03. The Labute approximate surface area is 89.2 Å². The molecule has 0 aliphatic heterocycles. The van der Waals surface area contributed by atoms with Gasteiger partial charge in [-0.2, -0.15) is 0 Å². The molecule has 0 amide bonds. The van der Waals surface area contributed by atoms with Crippen LogP contribution < -0.4 is 0 Å². The summed E-state index contributed by atoms with van der Waals surface area (Å²) in [4.78, 5) is 21.5. The number of hydrogen-bond acceptors (Lipinski definition) is 3. The van der Waals surface area contributed by atoms with Gasteiger partial charge >= 0.3 is 11.9 Å². The molecule has 84 valence electrons. The highest BCUT2D eigenvalue weighted by molar-refractivity contribution is 5.87. The Kier molecular flexibility index (Phi) is 6.09. The third-order valence-electron chi connectivity index (χ3n) is 1.85. The van der Waals surface area contributed by atoms with Gasteiger partial charge < -0.3 is 9.84 Å². The van der Waals surface area contributed by atoms with Gasteiger partial charge in [0, 0.05) is 17.6 Å². The van der Waals surface area contributed by atoms with Crippen molar-refractivity contribution >= 4 is 11.9 Å². The lowest BCUT2D eigenvalue weighted by Crippen LogP contribution is -2.07. The van der Waals surface area contributed by atoms with E-state index in [0.29, 0.717) is 18.4 Å². The van der Waals surface area contributed by atoms with Crippen LogP contribution in [-0.2, 0) is 14.3 Å². The molecule has 0 radical (unpaired) electrons. The predicted octanol–water partition coefficient (Wildman–Crippen LogP) is 1.92. The molecule has 0 aromatic carbocycles. The van der Waals surface area contributed by atoms with Gasteiger partial charge in [0.2, 0.25) is 0 Å². The molecule has 4 nitrogen and oxygen atoms in total. The Bertz CT molecular complexity index is 289. The van der Waals surface area contributed by atoms with Crippen LogP contribution in [0.15, 0.2) is 23.8 Å². The number of ether oxygens (including phenoxy) is 1. The maximum absolute atomic E-state index is 11.1. The van der Waals surface area contributed by atoms with Crippen molar-refractivity contribution in [2.45, 2.75) is 26.7 Å². The van der Waals surface area contributed by atoms with Gasteiger partial charge in [-0.3, -0.25) is 0 Å². The molecule has 15 heavy (non-hydrogen) atoms. The Hall–Kier alpha value is -1.58. The molecule has 0 rings (SSSR count). The van der Waals surface area contributed by atoms with Crippen LogP contribution in [0.5, 0.6) is 0 Å². The molecular weight excluding hydrogens is 196 g/mol. The van der Waals surface area contributed by atoms with E-state index in [4.69, 9.17) is 9.84 Å². The standard InChI is InChI=1S/C11H16O4/c1-4-8(2)11(14)15-7-5-6-9(3)10(12)13/h6H,2,4-5,7H2,1,3H3,(H,12,13). The van der Waals surface area contributed by atoms with Crippen molar-refractivity contribution in [3.63, 3.8) is 0 Å². The van der Waals surface area contributed by atoms with Crippen LogP contribution in [0.1, 0.15) is 26.7 Å². The van der Waals surface area contributed by atoms with E-state index in [-0.39, 0.29) is 12.2 Å². The van der Waals surface area contributed by atoms with Crippen molar-refractivity contribution in [2.75, 3.05) is 6.61 Å². The number of carbonyl (C=O) groups is 2. The van der Waals surface area contributed by atoms with Gasteiger partial charge in [0.25, 0.3) is 0 Å². The molecule has 1 N–H and O–H groups in total. The van der Waals surface area contributed by atoms with Gasteiger partial charge in [0.1, 0.15) is 0 Å². The summed E-state index contributed by atoms with van der Waals surface area (Å²) in [5.74, 6) is -1.38. The molecule has 0 saturated heterocycles. The average molecular weight is 212 g/mol. The number of hydrogen-bond donors (Lipinski definition) is 1. The van der Waals surface area contributed by atoms with Gasteiger partial charge in [-0.25, -0.2) is 9.59 Å². The molecule has 0 aliphatic carbocycles. The summed E-state index contributed by atoms with van der Waals surface area (Å²) in [5.41, 5.74) is 0.675. The first-order chi connectivity index (χ1) is 6.99. The van der Waals surface area contributed by atoms with E-state index in [1.165, 1.54) is 13.0 Å². The summed E-state index contributed by atoms with van der Waals surface area (Å²) in [6.07, 6.45) is 2.48. The molecular formula is C11H16O4. The molecule has 0 unspecified atom stereocenters. The Morgan fingerprint density at radius 1 is 1.47 bits per heavy atom. The highest BCUT2D eigenvalue weighted by Gasteiger charge is 2.05. The number of aliphatic carboxylic acids is 1. The smallest absolute Gasteiger partial charge is 0.333 e. The zero-order valence-corrected chi connectivity index (χ0v) is 9.08. The first-order valence-corrected chi connectivity index (χ1v) is 4.74. The summed E-state index contributed by atoms with van der Waals surface area (Å²) in [6.45, 7) is 7.03. The molecule has 0 aromatic rings. The molecule has 0 aliphatic rings. The minimum Gasteiger partial charge on any atom is -0.478 e. The van der Waals surface area contributed by atoms with Gasteiger partial charge in [-0.15, -0.1) is 0 Å². The maximum atomic E-state index is 11.1. The van der Waals surface area contributed by atoms with Crippen LogP contribution in [0.25, 0.3) is 0 Å². The molecule has 0 heterocycles. The fraction of sp³-hybridized carbons (Fsp3) is 0.455. The van der Waals surface area contributed by atoms with Crippen LogP contribution in [-0.4, -0.2) is 23.7 Å². The molecule has 4 heteroatoms. The Morgan fingerprint density at radius 3 is 2.53 bits per heavy atom. The monoisotopic (exact) mass is 212 g/mol. The Balaban J connectivity index is 3.81. The molecule has 0 bridgehead atoms. The van der Waals surface area contributed by atoms with Crippen molar-refractivity contribution in [3.05, 3.63) is 23.8 Å². The van der Waals surface area contributed by atoms with E-state index < -0.39 is 11.9 Å². The fourth-order valence-electron chi connectivity index (χ4n) is 0.761. The van der Waals surface area contributed by atoms with E-state index in [1.54, 1.807) is 0 Å². The number of carboxylic acid groups (broad SMARTS) is 1. The zero-order valence-electron chi connectivity index (χ0n) is 9.08. The van der Waals surface area contributed by atoms with Gasteiger partial charge in [0.15, 0.2) is 0 Å². The van der Waals surface area contributed by atoms with Crippen molar-refractivity contribution < 1.29 is 19.4 Å². The first-order valence-electron chi connectivity index (χ1n) is 4.74. The van der Waals surface area contributed by atoms with Crippen LogP contribution >= 0.6 is 0 Å². The summed E-state index contributed by atoms with van der Waals surface area (Å²) in [7, 11) is 0. The Morgan fingerprint density at radius 2 is 2.07 bits per heavy atom.